The number of carbonyl (C=O) groups is 3. The Bertz CT molecular complexity index is 612. The molecule has 1 aromatic rings. The van der Waals surface area contributed by atoms with Crippen LogP contribution in [0.25, 0.3) is 0 Å². The average molecular weight is 374 g/mol. The molecule has 6 nitrogen and oxygen atoms in total. The Morgan fingerprint density at radius 2 is 1.70 bits per heavy atom. The lowest BCUT2D eigenvalue weighted by molar-refractivity contribution is -0.139. The Kier molecular flexibility index (Phi) is 8.98. The van der Waals surface area contributed by atoms with Gasteiger partial charge in [0.05, 0.1) is 19.6 Å². The summed E-state index contributed by atoms with van der Waals surface area (Å²) in [5, 5.41) is 12.0. The van der Waals surface area contributed by atoms with Crippen molar-refractivity contribution >= 4 is 17.7 Å². The SMILES string of the molecule is O=C(O)CN(CC(=O)CCc1ccccc1)CC(=O)NCC1CCCCC1. The molecule has 0 unspecified atom stereocenters. The molecule has 1 aliphatic carbocycles. The van der Waals surface area contributed by atoms with Crippen molar-refractivity contribution in [2.24, 2.45) is 5.92 Å². The van der Waals surface area contributed by atoms with Gasteiger partial charge in [-0.1, -0.05) is 49.6 Å². The number of hydrogen-bond acceptors (Lipinski definition) is 4. The van der Waals surface area contributed by atoms with E-state index >= 15 is 0 Å². The Morgan fingerprint density at radius 1 is 1.00 bits per heavy atom. The molecule has 0 radical (unpaired) electrons. The van der Waals surface area contributed by atoms with Crippen LogP contribution in [-0.4, -0.2) is 53.8 Å². The molecule has 2 N–H and O–H groups in total. The summed E-state index contributed by atoms with van der Waals surface area (Å²) in [6.07, 6.45) is 6.91. The molecule has 1 saturated carbocycles. The van der Waals surface area contributed by atoms with Crippen LogP contribution < -0.4 is 5.32 Å². The summed E-state index contributed by atoms with van der Waals surface area (Å²) in [7, 11) is 0. The predicted molar refractivity (Wildman–Crippen MR) is 103 cm³/mol. The number of benzene rings is 1. The zero-order valence-corrected chi connectivity index (χ0v) is 15.9. The fourth-order valence-corrected chi connectivity index (χ4v) is 3.52. The van der Waals surface area contributed by atoms with Gasteiger partial charge < -0.3 is 10.4 Å². The van der Waals surface area contributed by atoms with Crippen molar-refractivity contribution < 1.29 is 19.5 Å². The van der Waals surface area contributed by atoms with E-state index in [1.165, 1.54) is 24.2 Å². The van der Waals surface area contributed by atoms with Gasteiger partial charge in [0, 0.05) is 13.0 Å². The van der Waals surface area contributed by atoms with Crippen LogP contribution in [-0.2, 0) is 20.8 Å². The number of rotatable bonds is 11. The number of nitrogens with one attached hydrogen (secondary N) is 1. The number of aryl methyl sites for hydroxylation is 1. The van der Waals surface area contributed by atoms with Crippen LogP contribution in [0.4, 0.5) is 0 Å². The number of carbonyl (C=O) groups excluding carboxylic acids is 2. The summed E-state index contributed by atoms with van der Waals surface area (Å²) in [6.45, 7) is 0.252. The van der Waals surface area contributed by atoms with Gasteiger partial charge in [0.1, 0.15) is 5.78 Å². The van der Waals surface area contributed by atoms with E-state index < -0.39 is 5.97 Å². The van der Waals surface area contributed by atoms with Crippen molar-refractivity contribution in [3.63, 3.8) is 0 Å². The maximum absolute atomic E-state index is 12.2. The van der Waals surface area contributed by atoms with Gasteiger partial charge in [-0.05, 0) is 30.7 Å². The van der Waals surface area contributed by atoms with E-state index in [0.29, 0.717) is 25.3 Å². The maximum atomic E-state index is 12.2. The van der Waals surface area contributed by atoms with Crippen LogP contribution in [0.15, 0.2) is 30.3 Å². The van der Waals surface area contributed by atoms with Gasteiger partial charge in [-0.25, -0.2) is 0 Å². The third-order valence-corrected chi connectivity index (χ3v) is 4.97. The van der Waals surface area contributed by atoms with E-state index in [1.54, 1.807) is 0 Å². The molecule has 0 bridgehead atoms. The molecule has 27 heavy (non-hydrogen) atoms. The second-order valence-corrected chi connectivity index (χ2v) is 7.37. The first kappa shape index (κ1) is 21.1. The Morgan fingerprint density at radius 3 is 2.37 bits per heavy atom. The van der Waals surface area contributed by atoms with Crippen molar-refractivity contribution in [2.45, 2.75) is 44.9 Å². The normalized spacial score (nSPS) is 14.9. The predicted octanol–water partition coefficient (Wildman–Crippen LogP) is 2.27. The van der Waals surface area contributed by atoms with Crippen LogP contribution in [0.3, 0.4) is 0 Å². The van der Waals surface area contributed by atoms with E-state index in [-0.39, 0.29) is 31.3 Å². The van der Waals surface area contributed by atoms with E-state index in [2.05, 4.69) is 5.32 Å². The average Bonchev–Trinajstić information content (AvgIpc) is 2.66. The summed E-state index contributed by atoms with van der Waals surface area (Å²) in [6, 6.07) is 9.69. The molecular weight excluding hydrogens is 344 g/mol. The van der Waals surface area contributed by atoms with Gasteiger partial charge in [-0.2, -0.15) is 0 Å². The molecule has 2 rings (SSSR count). The number of amides is 1. The third-order valence-electron chi connectivity index (χ3n) is 4.97. The minimum Gasteiger partial charge on any atom is -0.480 e. The second kappa shape index (κ2) is 11.5. The van der Waals surface area contributed by atoms with Gasteiger partial charge in [-0.15, -0.1) is 0 Å². The summed E-state index contributed by atoms with van der Waals surface area (Å²) in [4.78, 5) is 36.9. The molecular formula is C21H30N2O4. The second-order valence-electron chi connectivity index (χ2n) is 7.37. The minimum atomic E-state index is -1.04. The molecule has 148 valence electrons. The smallest absolute Gasteiger partial charge is 0.317 e. The minimum absolute atomic E-state index is 0.0179. The van der Waals surface area contributed by atoms with Crippen LogP contribution in [0, 0.1) is 5.92 Å². The first-order chi connectivity index (χ1) is 13.0. The maximum Gasteiger partial charge on any atom is 0.317 e. The molecule has 0 aromatic heterocycles. The lowest BCUT2D eigenvalue weighted by Crippen LogP contribution is -2.43. The molecule has 1 amide bonds. The molecule has 6 heteroatoms. The molecule has 0 spiro atoms. The number of carboxylic acids is 1. The van der Waals surface area contributed by atoms with Gasteiger partial charge in [0.15, 0.2) is 0 Å². The monoisotopic (exact) mass is 374 g/mol. The largest absolute Gasteiger partial charge is 0.480 e. The summed E-state index contributed by atoms with van der Waals surface area (Å²) < 4.78 is 0. The van der Waals surface area contributed by atoms with E-state index in [0.717, 1.165) is 18.4 Å². The molecule has 0 atom stereocenters. The van der Waals surface area contributed by atoms with Crippen molar-refractivity contribution in [3.8, 4) is 0 Å². The summed E-state index contributed by atoms with van der Waals surface area (Å²) >= 11 is 0. The fourth-order valence-electron chi connectivity index (χ4n) is 3.52. The standard InChI is InChI=1S/C21H30N2O4/c24-19(12-11-17-7-3-1-4-8-17)14-23(16-21(26)27)15-20(25)22-13-18-9-5-2-6-10-18/h1,3-4,7-8,18H,2,5-6,9-16H2,(H,22,25)(H,26,27). The third kappa shape index (κ3) is 8.82. The van der Waals surface area contributed by atoms with Crippen molar-refractivity contribution in [1.82, 2.24) is 10.2 Å². The molecule has 0 heterocycles. The van der Waals surface area contributed by atoms with E-state index in [9.17, 15) is 14.4 Å². The quantitative estimate of drug-likeness (QED) is 0.620. The highest BCUT2D eigenvalue weighted by Crippen LogP contribution is 2.22. The zero-order chi connectivity index (χ0) is 19.5. The van der Waals surface area contributed by atoms with Crippen molar-refractivity contribution in [3.05, 3.63) is 35.9 Å². The summed E-state index contributed by atoms with van der Waals surface area (Å²) in [5.74, 6) is -0.785. The van der Waals surface area contributed by atoms with Gasteiger partial charge in [-0.3, -0.25) is 19.3 Å². The highest BCUT2D eigenvalue weighted by atomic mass is 16.4. The lowest BCUT2D eigenvalue weighted by atomic mass is 9.89. The van der Waals surface area contributed by atoms with Crippen LogP contribution in [0.5, 0.6) is 0 Å². The van der Waals surface area contributed by atoms with Gasteiger partial charge >= 0.3 is 5.97 Å². The number of nitrogens with zero attached hydrogens (tertiary/aromatic N) is 1. The topological polar surface area (TPSA) is 86.7 Å². The Labute approximate surface area is 160 Å². The molecule has 1 fully saturated rings. The first-order valence-corrected chi connectivity index (χ1v) is 9.79. The zero-order valence-electron chi connectivity index (χ0n) is 15.9. The lowest BCUT2D eigenvalue weighted by Gasteiger charge is -2.23. The van der Waals surface area contributed by atoms with E-state index in [4.69, 9.17) is 5.11 Å². The van der Waals surface area contributed by atoms with Gasteiger partial charge in [0.25, 0.3) is 0 Å². The van der Waals surface area contributed by atoms with Gasteiger partial charge in [0.2, 0.25) is 5.91 Å². The number of Topliss-reactive ketones (excluding diaryl/α,β-unsaturated/α-hetero) is 1. The molecule has 0 aliphatic heterocycles. The van der Waals surface area contributed by atoms with Crippen LogP contribution in [0.1, 0.15) is 44.1 Å². The Hall–Kier alpha value is -2.21. The molecule has 1 aromatic carbocycles. The van der Waals surface area contributed by atoms with E-state index in [1.807, 2.05) is 30.3 Å². The molecule has 1 aliphatic rings. The number of ketones is 1. The number of carboxylic acid groups (broad SMARTS) is 1. The highest BCUT2D eigenvalue weighted by molar-refractivity contribution is 5.83. The van der Waals surface area contributed by atoms with Crippen LogP contribution in [0.2, 0.25) is 0 Å². The van der Waals surface area contributed by atoms with Crippen molar-refractivity contribution in [2.75, 3.05) is 26.2 Å². The Balaban J connectivity index is 1.76. The number of aliphatic carboxylic acids is 1. The molecule has 0 saturated heterocycles. The fraction of sp³-hybridized carbons (Fsp3) is 0.571. The number of hydrogen-bond donors (Lipinski definition) is 2. The summed E-state index contributed by atoms with van der Waals surface area (Å²) in [5.41, 5.74) is 1.07. The first-order valence-electron chi connectivity index (χ1n) is 9.79. The van der Waals surface area contributed by atoms with Crippen LogP contribution >= 0.6 is 0 Å². The highest BCUT2D eigenvalue weighted by Gasteiger charge is 2.19. The van der Waals surface area contributed by atoms with Crippen molar-refractivity contribution in [1.29, 1.82) is 0 Å².